The van der Waals surface area contributed by atoms with Crippen LogP contribution in [0.3, 0.4) is 0 Å². The van der Waals surface area contributed by atoms with Crippen molar-refractivity contribution in [3.8, 4) is 5.75 Å². The van der Waals surface area contributed by atoms with Gasteiger partial charge in [0.15, 0.2) is 11.6 Å². The Morgan fingerprint density at radius 3 is 2.50 bits per heavy atom. The zero-order valence-corrected chi connectivity index (χ0v) is 11.1. The first kappa shape index (κ1) is 16.5. The summed E-state index contributed by atoms with van der Waals surface area (Å²) in [4.78, 5) is -0.560. The summed E-state index contributed by atoms with van der Waals surface area (Å²) >= 11 is 0. The highest BCUT2D eigenvalue weighted by Crippen LogP contribution is 2.28. The fraction of sp³-hybridized carbons (Fsp3) is 0.400. The van der Waals surface area contributed by atoms with Crippen LogP contribution < -0.4 is 15.2 Å². The van der Waals surface area contributed by atoms with Crippen LogP contribution in [0.15, 0.2) is 17.0 Å². The molecule has 1 rings (SSSR count). The number of methoxy groups -OCH3 is 1. The number of alkyl halides is 2. The zero-order valence-electron chi connectivity index (χ0n) is 10.3. The van der Waals surface area contributed by atoms with Crippen LogP contribution in [0.5, 0.6) is 5.75 Å². The number of sulfonamides is 1. The Bertz CT molecular complexity index is 557. The molecular weight excluding hydrogens is 301 g/mol. The molecule has 1 aromatic carbocycles. The topological polar surface area (TPSA) is 102 Å². The maximum atomic E-state index is 13.5. The third-order valence-electron chi connectivity index (χ3n) is 2.33. The first-order chi connectivity index (χ1) is 9.19. The number of hydrogen-bond acceptors (Lipinski definition) is 5. The van der Waals surface area contributed by atoms with Gasteiger partial charge in [-0.3, -0.25) is 0 Å². The number of aliphatic hydroxyl groups is 1. The van der Waals surface area contributed by atoms with E-state index in [2.05, 4.69) is 4.74 Å². The van der Waals surface area contributed by atoms with Crippen LogP contribution >= 0.6 is 0 Å². The summed E-state index contributed by atoms with van der Waals surface area (Å²) in [6.07, 6.45) is -5.26. The minimum Gasteiger partial charge on any atom is -0.492 e. The molecule has 0 aliphatic carbocycles. The molecule has 0 aliphatic heterocycles. The highest BCUT2D eigenvalue weighted by molar-refractivity contribution is 7.89. The SMILES string of the molecule is COc1c(N)cc(S(=O)(=O)NCC(O)C(F)F)cc1F. The average Bonchev–Trinajstić information content (AvgIpc) is 2.35. The van der Waals surface area contributed by atoms with Crippen molar-refractivity contribution in [2.45, 2.75) is 17.4 Å². The molecule has 114 valence electrons. The maximum absolute atomic E-state index is 13.5. The van der Waals surface area contributed by atoms with E-state index < -0.39 is 39.8 Å². The molecule has 0 amide bonds. The number of hydrogen-bond donors (Lipinski definition) is 3. The van der Waals surface area contributed by atoms with Crippen LogP contribution in [-0.2, 0) is 10.0 Å². The molecule has 20 heavy (non-hydrogen) atoms. The summed E-state index contributed by atoms with van der Waals surface area (Å²) < 4.78 is 67.4. The zero-order chi connectivity index (χ0) is 15.5. The van der Waals surface area contributed by atoms with Crippen molar-refractivity contribution >= 4 is 15.7 Å². The Morgan fingerprint density at radius 2 is 2.05 bits per heavy atom. The number of nitrogens with two attached hydrogens (primary N) is 1. The molecule has 0 radical (unpaired) electrons. The van der Waals surface area contributed by atoms with Gasteiger partial charge in [-0.2, -0.15) is 0 Å². The minimum absolute atomic E-state index is 0.262. The lowest BCUT2D eigenvalue weighted by molar-refractivity contribution is -0.000452. The van der Waals surface area contributed by atoms with Crippen LogP contribution in [-0.4, -0.2) is 39.7 Å². The van der Waals surface area contributed by atoms with Crippen molar-refractivity contribution < 1.29 is 31.4 Å². The van der Waals surface area contributed by atoms with Gasteiger partial charge in [0.1, 0.15) is 6.10 Å². The smallest absolute Gasteiger partial charge is 0.265 e. The van der Waals surface area contributed by atoms with Crippen LogP contribution in [0.25, 0.3) is 0 Å². The molecule has 1 aromatic rings. The summed E-state index contributed by atoms with van der Waals surface area (Å²) in [6, 6.07) is 1.55. The predicted octanol–water partition coefficient (Wildman–Crippen LogP) is 0.321. The molecule has 0 saturated carbocycles. The first-order valence-electron chi connectivity index (χ1n) is 5.28. The van der Waals surface area contributed by atoms with Gasteiger partial charge in [-0.25, -0.2) is 26.3 Å². The Hall–Kier alpha value is -1.52. The number of rotatable bonds is 6. The molecule has 10 heteroatoms. The van der Waals surface area contributed by atoms with Crippen molar-refractivity contribution in [3.63, 3.8) is 0 Å². The number of aliphatic hydroxyl groups excluding tert-OH is 1. The van der Waals surface area contributed by atoms with Gasteiger partial charge < -0.3 is 15.6 Å². The minimum atomic E-state index is -4.28. The average molecular weight is 314 g/mol. The summed E-state index contributed by atoms with van der Waals surface area (Å²) in [7, 11) is -3.12. The second kappa shape index (κ2) is 6.29. The number of halogens is 3. The molecule has 0 bridgehead atoms. The first-order valence-corrected chi connectivity index (χ1v) is 6.76. The number of nitrogens with one attached hydrogen (secondary N) is 1. The fourth-order valence-electron chi connectivity index (χ4n) is 1.33. The Labute approximate surface area is 113 Å². The number of benzene rings is 1. The molecule has 0 fully saturated rings. The third-order valence-corrected chi connectivity index (χ3v) is 3.74. The molecule has 4 N–H and O–H groups in total. The standard InChI is InChI=1S/C10H13F3N2O4S/c1-19-9-6(11)2-5(3-7(9)14)20(17,18)15-4-8(16)10(12)13/h2-3,8,10,15-16H,4,14H2,1H3. The highest BCUT2D eigenvalue weighted by atomic mass is 32.2. The van der Waals surface area contributed by atoms with E-state index in [1.165, 1.54) is 0 Å². The van der Waals surface area contributed by atoms with Gasteiger partial charge in [0.05, 0.1) is 17.7 Å². The van der Waals surface area contributed by atoms with E-state index in [1.807, 2.05) is 0 Å². The van der Waals surface area contributed by atoms with Crippen LogP contribution in [0.1, 0.15) is 0 Å². The normalized spacial score (nSPS) is 13.5. The predicted molar refractivity (Wildman–Crippen MR) is 64.6 cm³/mol. The maximum Gasteiger partial charge on any atom is 0.265 e. The Balaban J connectivity index is 2.99. The summed E-state index contributed by atoms with van der Waals surface area (Å²) in [6.45, 7) is -0.909. The van der Waals surface area contributed by atoms with Gasteiger partial charge in [0.25, 0.3) is 6.43 Å². The Kier molecular flexibility index (Phi) is 5.20. The largest absolute Gasteiger partial charge is 0.492 e. The molecule has 6 nitrogen and oxygen atoms in total. The Morgan fingerprint density at radius 1 is 1.45 bits per heavy atom. The molecule has 0 aromatic heterocycles. The van der Waals surface area contributed by atoms with Crippen LogP contribution in [0.4, 0.5) is 18.9 Å². The molecule has 0 spiro atoms. The van der Waals surface area contributed by atoms with E-state index in [0.29, 0.717) is 6.07 Å². The quantitative estimate of drug-likeness (QED) is 0.656. The molecule has 1 unspecified atom stereocenters. The lowest BCUT2D eigenvalue weighted by atomic mass is 10.3. The van der Waals surface area contributed by atoms with E-state index in [-0.39, 0.29) is 11.4 Å². The van der Waals surface area contributed by atoms with Crippen molar-refractivity contribution in [1.29, 1.82) is 0 Å². The summed E-state index contributed by atoms with van der Waals surface area (Å²) in [5, 5.41) is 8.83. The second-order valence-electron chi connectivity index (χ2n) is 3.78. The van der Waals surface area contributed by atoms with Crippen LogP contribution in [0.2, 0.25) is 0 Å². The van der Waals surface area contributed by atoms with Gasteiger partial charge in [-0.1, -0.05) is 0 Å². The fourth-order valence-corrected chi connectivity index (χ4v) is 2.42. The lowest BCUT2D eigenvalue weighted by Crippen LogP contribution is -2.35. The summed E-state index contributed by atoms with van der Waals surface area (Å²) in [5.41, 5.74) is 5.15. The van der Waals surface area contributed by atoms with Crippen LogP contribution in [0, 0.1) is 5.82 Å². The van der Waals surface area contributed by atoms with Gasteiger partial charge in [-0.05, 0) is 12.1 Å². The van der Waals surface area contributed by atoms with E-state index >= 15 is 0 Å². The molecule has 0 aliphatic rings. The van der Waals surface area contributed by atoms with E-state index in [1.54, 1.807) is 4.72 Å². The van der Waals surface area contributed by atoms with Gasteiger partial charge in [-0.15, -0.1) is 0 Å². The summed E-state index contributed by atoms with van der Waals surface area (Å²) in [5.74, 6) is -1.33. The molecule has 0 heterocycles. The molecule has 0 saturated heterocycles. The van der Waals surface area contributed by atoms with Gasteiger partial charge in [0, 0.05) is 6.54 Å². The van der Waals surface area contributed by atoms with Crippen molar-refractivity contribution in [1.82, 2.24) is 4.72 Å². The number of nitrogen functional groups attached to an aromatic ring is 1. The second-order valence-corrected chi connectivity index (χ2v) is 5.55. The van der Waals surface area contributed by atoms with Gasteiger partial charge >= 0.3 is 0 Å². The lowest BCUT2D eigenvalue weighted by Gasteiger charge is -2.13. The van der Waals surface area contributed by atoms with Crippen molar-refractivity contribution in [2.24, 2.45) is 0 Å². The number of ether oxygens (including phenoxy) is 1. The monoisotopic (exact) mass is 314 g/mol. The third kappa shape index (κ3) is 3.74. The molecule has 1 atom stereocenters. The van der Waals surface area contributed by atoms with E-state index in [9.17, 15) is 21.6 Å². The van der Waals surface area contributed by atoms with E-state index in [0.717, 1.165) is 13.2 Å². The van der Waals surface area contributed by atoms with Gasteiger partial charge in [0.2, 0.25) is 10.0 Å². The van der Waals surface area contributed by atoms with E-state index in [4.69, 9.17) is 10.8 Å². The molecular formula is C10H13F3N2O4S. The van der Waals surface area contributed by atoms with Crippen molar-refractivity contribution in [3.05, 3.63) is 17.9 Å². The van der Waals surface area contributed by atoms with Crippen molar-refractivity contribution in [2.75, 3.05) is 19.4 Å². The number of anilines is 1. The highest BCUT2D eigenvalue weighted by Gasteiger charge is 2.23.